The molecule has 4 heteroatoms. The Bertz CT molecular complexity index is 1920. The zero-order chi connectivity index (χ0) is 35.5. The summed E-state index contributed by atoms with van der Waals surface area (Å²) < 4.78 is 26.9. The molecular weight excluding hydrogens is 641 g/mol. The van der Waals surface area contributed by atoms with Crippen molar-refractivity contribution in [3.8, 4) is 23.0 Å². The number of para-hydroxylation sites is 4. The molecule has 8 bridgehead atoms. The molecule has 0 spiro atoms. The third-order valence-electron chi connectivity index (χ3n) is 9.59. The summed E-state index contributed by atoms with van der Waals surface area (Å²) in [6, 6.07) is 47.1. The molecule has 6 aromatic carbocycles. The average molecular weight is 689 g/mol. The van der Waals surface area contributed by atoms with Gasteiger partial charge < -0.3 is 18.9 Å². The van der Waals surface area contributed by atoms with Crippen LogP contribution in [0.2, 0.25) is 0 Å². The second-order valence-corrected chi connectivity index (χ2v) is 13.6. The van der Waals surface area contributed by atoms with Crippen molar-refractivity contribution in [3.63, 3.8) is 0 Å². The maximum Gasteiger partial charge on any atom is 0.126 e. The van der Waals surface area contributed by atoms with Crippen molar-refractivity contribution in [1.82, 2.24) is 0 Å². The number of ether oxygens (including phenoxy) is 4. The number of rotatable bonds is 12. The zero-order valence-electron chi connectivity index (χ0n) is 30.4. The van der Waals surface area contributed by atoms with Crippen LogP contribution in [0.1, 0.15) is 82.3 Å². The minimum absolute atomic E-state index is 0.483. The lowest BCUT2D eigenvalue weighted by Crippen LogP contribution is -2.09. The predicted octanol–water partition coefficient (Wildman–Crippen LogP) is 11.1. The van der Waals surface area contributed by atoms with Gasteiger partial charge in [-0.3, -0.25) is 0 Å². The Morgan fingerprint density at radius 1 is 0.327 bits per heavy atom. The fourth-order valence-corrected chi connectivity index (χ4v) is 7.10. The van der Waals surface area contributed by atoms with E-state index in [-0.39, 0.29) is 0 Å². The summed E-state index contributed by atoms with van der Waals surface area (Å²) in [6.45, 7) is 6.59. The largest absolute Gasteiger partial charge is 0.493 e. The van der Waals surface area contributed by atoms with Crippen molar-refractivity contribution in [1.29, 1.82) is 0 Å². The molecule has 1 aliphatic rings. The highest BCUT2D eigenvalue weighted by Gasteiger charge is 2.22. The lowest BCUT2D eigenvalue weighted by atomic mass is 9.91. The second kappa shape index (κ2) is 17.2. The second-order valence-electron chi connectivity index (χ2n) is 13.6. The zero-order valence-corrected chi connectivity index (χ0v) is 30.4. The summed E-state index contributed by atoms with van der Waals surface area (Å²) in [4.78, 5) is 0. The standard InChI is InChI=1S/C48H48O4/c1-3-27-49-45-37-19-11-21-39(45)30-41-23-13-25-43(47(41)51-33-35-15-7-5-8-16-35)32-44-26-14-24-42(48(44)52-34-36-17-9-6-10-18-36)31-40-22-12-20-38(29-37)46(40)50-28-4-2/h5-26H,3-4,27-34H2,1-2H3. The molecule has 0 aliphatic heterocycles. The molecule has 0 saturated carbocycles. The SMILES string of the molecule is CCCOc1c2cccc1Cc1cccc(c1OCc1ccccc1)Cc1cccc(c1OCc1ccccc1)Cc1cccc(c1OCCC)C2. The minimum atomic E-state index is 0.483. The summed E-state index contributed by atoms with van der Waals surface area (Å²) >= 11 is 0. The quantitative estimate of drug-likeness (QED) is 0.128. The Morgan fingerprint density at radius 3 is 0.865 bits per heavy atom. The Labute approximate surface area is 309 Å². The van der Waals surface area contributed by atoms with Gasteiger partial charge >= 0.3 is 0 Å². The van der Waals surface area contributed by atoms with Crippen LogP contribution in [-0.2, 0) is 38.9 Å². The van der Waals surface area contributed by atoms with E-state index >= 15 is 0 Å². The van der Waals surface area contributed by atoms with E-state index < -0.39 is 0 Å². The van der Waals surface area contributed by atoms with Gasteiger partial charge in [0.2, 0.25) is 0 Å². The number of benzene rings is 6. The summed E-state index contributed by atoms with van der Waals surface area (Å²) in [7, 11) is 0. The molecule has 4 nitrogen and oxygen atoms in total. The van der Waals surface area contributed by atoms with E-state index in [1.54, 1.807) is 0 Å². The van der Waals surface area contributed by atoms with Gasteiger partial charge in [0.15, 0.2) is 0 Å². The molecule has 0 unspecified atom stereocenters. The molecule has 0 aromatic heterocycles. The Balaban J connectivity index is 1.40. The van der Waals surface area contributed by atoms with Gasteiger partial charge in [0.25, 0.3) is 0 Å². The first-order valence-corrected chi connectivity index (χ1v) is 18.7. The van der Waals surface area contributed by atoms with Crippen molar-refractivity contribution in [2.45, 2.75) is 65.6 Å². The van der Waals surface area contributed by atoms with Crippen molar-refractivity contribution < 1.29 is 18.9 Å². The highest BCUT2D eigenvalue weighted by molar-refractivity contribution is 5.56. The molecule has 7 rings (SSSR count). The molecule has 0 N–H and O–H groups in total. The van der Waals surface area contributed by atoms with Gasteiger partial charge in [-0.2, -0.15) is 0 Å². The molecule has 0 saturated heterocycles. The number of fused-ring (bicyclic) bond motifs is 8. The molecule has 0 fully saturated rings. The fourth-order valence-electron chi connectivity index (χ4n) is 7.10. The molecule has 0 radical (unpaired) electrons. The lowest BCUT2D eigenvalue weighted by Gasteiger charge is -2.23. The molecule has 264 valence electrons. The summed E-state index contributed by atoms with van der Waals surface area (Å²) in [5, 5.41) is 0. The Kier molecular flexibility index (Phi) is 11.5. The number of hydrogen-bond acceptors (Lipinski definition) is 4. The molecule has 52 heavy (non-hydrogen) atoms. The molecule has 1 aliphatic carbocycles. The van der Waals surface area contributed by atoms with Gasteiger partial charge in [0.05, 0.1) is 13.2 Å². The molecular formula is C48H48O4. The van der Waals surface area contributed by atoms with Crippen molar-refractivity contribution >= 4 is 0 Å². The predicted molar refractivity (Wildman–Crippen MR) is 210 cm³/mol. The first kappa shape index (κ1) is 34.9. The van der Waals surface area contributed by atoms with Crippen LogP contribution >= 0.6 is 0 Å². The monoisotopic (exact) mass is 688 g/mol. The first-order chi connectivity index (χ1) is 25.7. The third kappa shape index (κ3) is 8.35. The smallest absolute Gasteiger partial charge is 0.126 e. The van der Waals surface area contributed by atoms with Gasteiger partial charge in [-0.15, -0.1) is 0 Å². The lowest BCUT2D eigenvalue weighted by molar-refractivity contribution is 0.296. The van der Waals surface area contributed by atoms with Crippen LogP contribution < -0.4 is 18.9 Å². The molecule has 0 atom stereocenters. The Hall–Kier alpha value is -5.48. The van der Waals surface area contributed by atoms with Crippen molar-refractivity contribution in [2.24, 2.45) is 0 Å². The maximum absolute atomic E-state index is 6.82. The molecule has 0 heterocycles. The van der Waals surface area contributed by atoms with Crippen LogP contribution in [-0.4, -0.2) is 13.2 Å². The van der Waals surface area contributed by atoms with Gasteiger partial charge in [0, 0.05) is 25.7 Å². The summed E-state index contributed by atoms with van der Waals surface area (Å²) in [6.07, 6.45) is 4.59. The van der Waals surface area contributed by atoms with Crippen LogP contribution in [0, 0.1) is 0 Å². The van der Waals surface area contributed by atoms with Gasteiger partial charge in [0.1, 0.15) is 36.2 Å². The van der Waals surface area contributed by atoms with Crippen molar-refractivity contribution in [3.05, 3.63) is 189 Å². The fraction of sp³-hybridized carbons (Fsp3) is 0.250. The van der Waals surface area contributed by atoms with Crippen LogP contribution in [0.3, 0.4) is 0 Å². The molecule has 6 aromatic rings. The maximum atomic E-state index is 6.82. The van der Waals surface area contributed by atoms with Gasteiger partial charge in [-0.25, -0.2) is 0 Å². The van der Waals surface area contributed by atoms with E-state index in [4.69, 9.17) is 18.9 Å². The van der Waals surface area contributed by atoms with Crippen LogP contribution in [0.15, 0.2) is 133 Å². The normalized spacial score (nSPS) is 12.2. The van der Waals surface area contributed by atoms with E-state index in [1.807, 2.05) is 12.1 Å². The summed E-state index contributed by atoms with van der Waals surface area (Å²) in [5.41, 5.74) is 11.4. The summed E-state index contributed by atoms with van der Waals surface area (Å²) in [5.74, 6) is 3.77. The van der Waals surface area contributed by atoms with E-state index in [0.29, 0.717) is 52.1 Å². The van der Waals surface area contributed by atoms with Crippen LogP contribution in [0.25, 0.3) is 0 Å². The van der Waals surface area contributed by atoms with Crippen LogP contribution in [0.4, 0.5) is 0 Å². The van der Waals surface area contributed by atoms with E-state index in [1.165, 1.54) is 0 Å². The third-order valence-corrected chi connectivity index (χ3v) is 9.59. The highest BCUT2D eigenvalue weighted by atomic mass is 16.5. The van der Waals surface area contributed by atoms with E-state index in [2.05, 4.69) is 135 Å². The highest BCUT2D eigenvalue weighted by Crippen LogP contribution is 2.39. The molecule has 0 amide bonds. The first-order valence-electron chi connectivity index (χ1n) is 18.7. The number of hydrogen-bond donors (Lipinski definition) is 0. The Morgan fingerprint density at radius 2 is 0.596 bits per heavy atom. The van der Waals surface area contributed by atoms with Gasteiger partial charge in [-0.05, 0) is 68.5 Å². The van der Waals surface area contributed by atoms with Crippen molar-refractivity contribution in [2.75, 3.05) is 13.2 Å². The van der Waals surface area contributed by atoms with E-state index in [9.17, 15) is 0 Å². The van der Waals surface area contributed by atoms with Crippen LogP contribution in [0.5, 0.6) is 23.0 Å². The van der Waals surface area contributed by atoms with Gasteiger partial charge in [-0.1, -0.05) is 147 Å². The van der Waals surface area contributed by atoms with E-state index in [0.717, 1.165) is 91.5 Å². The average Bonchev–Trinajstić information content (AvgIpc) is 3.17. The minimum Gasteiger partial charge on any atom is -0.493 e. The topological polar surface area (TPSA) is 36.9 Å².